The lowest BCUT2D eigenvalue weighted by atomic mass is 9.96. The molecule has 0 bridgehead atoms. The van der Waals surface area contributed by atoms with Gasteiger partial charge >= 0.3 is 0 Å². The first-order valence-corrected chi connectivity index (χ1v) is 7.92. The lowest BCUT2D eigenvalue weighted by molar-refractivity contribution is 0.327. The summed E-state index contributed by atoms with van der Waals surface area (Å²) in [5.41, 5.74) is 1.26. The minimum absolute atomic E-state index is 0.597. The molecule has 0 saturated heterocycles. The lowest BCUT2D eigenvalue weighted by Gasteiger charge is -2.22. The number of aromatic nitrogens is 2. The molecule has 19 heavy (non-hydrogen) atoms. The van der Waals surface area contributed by atoms with Crippen molar-refractivity contribution in [2.75, 3.05) is 7.05 Å². The number of aryl methyl sites for hydroxylation is 1. The van der Waals surface area contributed by atoms with Crippen LogP contribution in [0, 0.1) is 5.92 Å². The van der Waals surface area contributed by atoms with Crippen LogP contribution in [-0.2, 0) is 6.42 Å². The monoisotopic (exact) mass is 263 g/mol. The van der Waals surface area contributed by atoms with Gasteiger partial charge in [-0.3, -0.25) is 4.68 Å². The minimum atomic E-state index is 0.597. The zero-order valence-corrected chi connectivity index (χ0v) is 12.7. The number of hydrogen-bond acceptors (Lipinski definition) is 2. The number of hydrogen-bond donors (Lipinski definition) is 1. The highest BCUT2D eigenvalue weighted by atomic mass is 15.3. The van der Waals surface area contributed by atoms with Gasteiger partial charge in [0.1, 0.15) is 0 Å². The fraction of sp³-hybridized carbons (Fsp3) is 0.812. The van der Waals surface area contributed by atoms with E-state index in [9.17, 15) is 0 Å². The smallest absolute Gasteiger partial charge is 0.0625 e. The Bertz CT molecular complexity index is 364. The second-order valence-electron chi connectivity index (χ2n) is 6.26. The van der Waals surface area contributed by atoms with Gasteiger partial charge in [-0.25, -0.2) is 0 Å². The maximum absolute atomic E-state index is 4.79. The van der Waals surface area contributed by atoms with Crippen LogP contribution in [0.4, 0.5) is 0 Å². The number of nitrogens with one attached hydrogen (secondary N) is 1. The fourth-order valence-corrected chi connectivity index (χ4v) is 3.17. The minimum Gasteiger partial charge on any atom is -0.317 e. The Labute approximate surface area is 117 Å². The van der Waals surface area contributed by atoms with E-state index < -0.39 is 0 Å². The van der Waals surface area contributed by atoms with Crippen molar-refractivity contribution >= 4 is 0 Å². The molecule has 0 aliphatic heterocycles. The van der Waals surface area contributed by atoms with Gasteiger partial charge in [-0.15, -0.1) is 0 Å². The zero-order chi connectivity index (χ0) is 13.7. The Kier molecular flexibility index (Phi) is 5.44. The van der Waals surface area contributed by atoms with E-state index in [-0.39, 0.29) is 0 Å². The maximum Gasteiger partial charge on any atom is 0.0625 e. The number of nitrogens with zero attached hydrogens (tertiary/aromatic N) is 2. The van der Waals surface area contributed by atoms with Gasteiger partial charge < -0.3 is 5.32 Å². The Morgan fingerprint density at radius 3 is 2.68 bits per heavy atom. The van der Waals surface area contributed by atoms with Crippen molar-refractivity contribution in [1.29, 1.82) is 0 Å². The van der Waals surface area contributed by atoms with Gasteiger partial charge in [-0.1, -0.05) is 33.1 Å². The normalized spacial score (nSPS) is 18.9. The molecule has 0 aromatic carbocycles. The molecule has 108 valence electrons. The largest absolute Gasteiger partial charge is 0.317 e. The molecular weight excluding hydrogens is 234 g/mol. The van der Waals surface area contributed by atoms with Crippen molar-refractivity contribution < 1.29 is 0 Å². The predicted octanol–water partition coefficient (Wildman–Crippen LogP) is 3.56. The van der Waals surface area contributed by atoms with Crippen LogP contribution in [0.2, 0.25) is 0 Å². The highest BCUT2D eigenvalue weighted by Crippen LogP contribution is 2.27. The first-order valence-electron chi connectivity index (χ1n) is 7.92. The summed E-state index contributed by atoms with van der Waals surface area (Å²) in [5.74, 6) is 0.686. The second-order valence-corrected chi connectivity index (χ2v) is 6.26. The molecule has 1 aliphatic carbocycles. The molecule has 1 heterocycles. The van der Waals surface area contributed by atoms with Gasteiger partial charge in [0.2, 0.25) is 0 Å². The van der Waals surface area contributed by atoms with Crippen molar-refractivity contribution in [3.8, 4) is 0 Å². The van der Waals surface area contributed by atoms with Crippen LogP contribution in [0.15, 0.2) is 12.3 Å². The summed E-state index contributed by atoms with van der Waals surface area (Å²) in [6.45, 7) is 4.56. The van der Waals surface area contributed by atoms with Gasteiger partial charge in [-0.05, 0) is 44.7 Å². The third kappa shape index (κ3) is 4.07. The number of rotatable bonds is 6. The van der Waals surface area contributed by atoms with E-state index in [2.05, 4.69) is 43.2 Å². The fourth-order valence-electron chi connectivity index (χ4n) is 3.17. The van der Waals surface area contributed by atoms with Crippen LogP contribution < -0.4 is 5.32 Å². The topological polar surface area (TPSA) is 29.9 Å². The van der Waals surface area contributed by atoms with Crippen LogP contribution in [0.25, 0.3) is 0 Å². The van der Waals surface area contributed by atoms with E-state index in [4.69, 9.17) is 5.10 Å². The Morgan fingerprint density at radius 2 is 2.05 bits per heavy atom. The van der Waals surface area contributed by atoms with Crippen LogP contribution in [0.5, 0.6) is 0 Å². The van der Waals surface area contributed by atoms with Gasteiger partial charge in [0.25, 0.3) is 0 Å². The van der Waals surface area contributed by atoms with E-state index in [0.717, 1.165) is 6.42 Å². The standard InChI is InChI=1S/C16H29N3/c1-13(2)16(17-3)10-9-14-11-12-19(18-14)15-7-5-4-6-8-15/h11-13,15-17H,4-10H2,1-3H3. The third-order valence-corrected chi connectivity index (χ3v) is 4.50. The summed E-state index contributed by atoms with van der Waals surface area (Å²) in [5, 5.41) is 8.20. The first kappa shape index (κ1) is 14.6. The van der Waals surface area contributed by atoms with Crippen LogP contribution in [0.3, 0.4) is 0 Å². The molecule has 1 fully saturated rings. The molecule has 1 saturated carbocycles. The molecule has 1 N–H and O–H groups in total. The van der Waals surface area contributed by atoms with Gasteiger partial charge in [-0.2, -0.15) is 5.10 Å². The Hall–Kier alpha value is -0.830. The molecule has 3 nitrogen and oxygen atoms in total. The van der Waals surface area contributed by atoms with Gasteiger partial charge in [0.05, 0.1) is 11.7 Å². The summed E-state index contributed by atoms with van der Waals surface area (Å²) in [6.07, 6.45) is 11.2. The summed E-state index contributed by atoms with van der Waals surface area (Å²) in [7, 11) is 2.06. The van der Waals surface area contributed by atoms with Crippen molar-refractivity contribution in [3.05, 3.63) is 18.0 Å². The molecule has 0 amide bonds. The summed E-state index contributed by atoms with van der Waals surface area (Å²) in [4.78, 5) is 0. The average molecular weight is 263 g/mol. The van der Waals surface area contributed by atoms with E-state index in [1.165, 1.54) is 44.2 Å². The highest BCUT2D eigenvalue weighted by Gasteiger charge is 2.16. The molecule has 1 aromatic rings. The molecule has 1 aromatic heterocycles. The highest BCUT2D eigenvalue weighted by molar-refractivity contribution is 5.01. The molecule has 1 atom stereocenters. The second kappa shape index (κ2) is 7.09. The molecule has 1 unspecified atom stereocenters. The SMILES string of the molecule is CNC(CCc1ccn(C2CCCCC2)n1)C(C)C. The van der Waals surface area contributed by atoms with Crippen molar-refractivity contribution in [2.45, 2.75) is 70.9 Å². The summed E-state index contributed by atoms with van der Waals surface area (Å²) < 4.78 is 2.22. The summed E-state index contributed by atoms with van der Waals surface area (Å²) in [6, 6.07) is 3.47. The zero-order valence-electron chi connectivity index (χ0n) is 12.7. The third-order valence-electron chi connectivity index (χ3n) is 4.50. The van der Waals surface area contributed by atoms with E-state index in [0.29, 0.717) is 18.0 Å². The van der Waals surface area contributed by atoms with Crippen LogP contribution in [0.1, 0.15) is 64.1 Å². The van der Waals surface area contributed by atoms with Crippen molar-refractivity contribution in [2.24, 2.45) is 5.92 Å². The van der Waals surface area contributed by atoms with Crippen molar-refractivity contribution in [1.82, 2.24) is 15.1 Å². The van der Waals surface area contributed by atoms with E-state index >= 15 is 0 Å². The van der Waals surface area contributed by atoms with Crippen molar-refractivity contribution in [3.63, 3.8) is 0 Å². The molecule has 1 aliphatic rings. The maximum atomic E-state index is 4.79. The van der Waals surface area contributed by atoms with E-state index in [1.807, 2.05) is 0 Å². The molecular formula is C16H29N3. The van der Waals surface area contributed by atoms with Gasteiger partial charge in [0, 0.05) is 12.2 Å². The lowest BCUT2D eigenvalue weighted by Crippen LogP contribution is -2.31. The van der Waals surface area contributed by atoms with Crippen LogP contribution in [-0.4, -0.2) is 22.9 Å². The Balaban J connectivity index is 1.86. The quantitative estimate of drug-likeness (QED) is 0.850. The predicted molar refractivity (Wildman–Crippen MR) is 80.4 cm³/mol. The van der Waals surface area contributed by atoms with Gasteiger partial charge in [0.15, 0.2) is 0 Å². The molecule has 2 rings (SSSR count). The molecule has 3 heteroatoms. The average Bonchev–Trinajstić information content (AvgIpc) is 2.89. The summed E-state index contributed by atoms with van der Waals surface area (Å²) >= 11 is 0. The van der Waals surface area contributed by atoms with Crippen LogP contribution >= 0.6 is 0 Å². The molecule has 0 radical (unpaired) electrons. The molecule has 0 spiro atoms. The first-order chi connectivity index (χ1) is 9.20. The Morgan fingerprint density at radius 1 is 1.32 bits per heavy atom. The van der Waals surface area contributed by atoms with E-state index in [1.54, 1.807) is 0 Å².